The van der Waals surface area contributed by atoms with Gasteiger partial charge in [-0.25, -0.2) is 14.4 Å². The molecule has 1 fully saturated rings. The van der Waals surface area contributed by atoms with Crippen LogP contribution in [0, 0.1) is 0 Å². The van der Waals surface area contributed by atoms with E-state index in [2.05, 4.69) is 9.47 Å². The quantitative estimate of drug-likeness (QED) is 0.403. The van der Waals surface area contributed by atoms with E-state index in [-0.39, 0.29) is 0 Å². The number of ether oxygens (including phenoxy) is 3. The fourth-order valence-electron chi connectivity index (χ4n) is 1.50. The van der Waals surface area contributed by atoms with E-state index in [1.54, 1.807) is 20.8 Å². The molecule has 1 saturated heterocycles. The van der Waals surface area contributed by atoms with Crippen molar-refractivity contribution in [2.75, 3.05) is 14.2 Å². The molecular weight excluding hydrogens is 242 g/mol. The first kappa shape index (κ1) is 14.3. The minimum Gasteiger partial charge on any atom is -0.467 e. The SMILES string of the molecule is COC(=O)[C@@H]1[C@@H](C(=O)OC)N1C(=O)OC(C)(C)C. The van der Waals surface area contributed by atoms with Gasteiger partial charge in [-0.05, 0) is 20.8 Å². The van der Waals surface area contributed by atoms with Gasteiger partial charge in [-0.2, -0.15) is 0 Å². The largest absolute Gasteiger partial charge is 0.467 e. The van der Waals surface area contributed by atoms with Gasteiger partial charge in [0.2, 0.25) is 0 Å². The first-order chi connectivity index (χ1) is 8.22. The molecule has 1 aliphatic rings. The van der Waals surface area contributed by atoms with Crippen LogP contribution in [0.3, 0.4) is 0 Å². The highest BCUT2D eigenvalue weighted by Crippen LogP contribution is 2.32. The van der Waals surface area contributed by atoms with Gasteiger partial charge in [0.1, 0.15) is 5.60 Å². The van der Waals surface area contributed by atoms with Gasteiger partial charge < -0.3 is 14.2 Å². The zero-order chi connectivity index (χ0) is 14.1. The van der Waals surface area contributed by atoms with Crippen molar-refractivity contribution in [3.05, 3.63) is 0 Å². The third kappa shape index (κ3) is 2.91. The summed E-state index contributed by atoms with van der Waals surface area (Å²) in [6, 6.07) is -1.92. The van der Waals surface area contributed by atoms with Gasteiger partial charge >= 0.3 is 18.0 Å². The fraction of sp³-hybridized carbons (Fsp3) is 0.727. The molecule has 7 heteroatoms. The van der Waals surface area contributed by atoms with Crippen molar-refractivity contribution in [1.29, 1.82) is 0 Å². The smallest absolute Gasteiger partial charge is 0.411 e. The van der Waals surface area contributed by atoms with Gasteiger partial charge in [0, 0.05) is 0 Å². The number of esters is 2. The Morgan fingerprint density at radius 3 is 1.61 bits per heavy atom. The number of hydrogen-bond acceptors (Lipinski definition) is 6. The Bertz CT molecular complexity index is 350. The zero-order valence-electron chi connectivity index (χ0n) is 11.1. The minimum absolute atomic E-state index is 0.670. The number of methoxy groups -OCH3 is 2. The lowest BCUT2D eigenvalue weighted by atomic mass is 10.2. The summed E-state index contributed by atoms with van der Waals surface area (Å²) in [7, 11) is 2.37. The maximum absolute atomic E-state index is 11.8. The standard InChI is InChI=1S/C11H17NO6/c1-11(2,3)18-10(15)12-6(8(13)16-4)7(12)9(14)17-5/h6-7H,1-5H3/t6-,7-/m0/s1. The van der Waals surface area contributed by atoms with E-state index in [1.807, 2.05) is 0 Å². The van der Waals surface area contributed by atoms with Crippen LogP contribution in [0.5, 0.6) is 0 Å². The molecule has 0 N–H and O–H groups in total. The Balaban J connectivity index is 2.78. The van der Waals surface area contributed by atoms with Gasteiger partial charge in [-0.15, -0.1) is 0 Å². The molecule has 1 heterocycles. The molecule has 0 bridgehead atoms. The van der Waals surface area contributed by atoms with E-state index in [9.17, 15) is 14.4 Å². The number of carbonyl (C=O) groups excluding carboxylic acids is 3. The molecule has 2 atom stereocenters. The Morgan fingerprint density at radius 1 is 0.944 bits per heavy atom. The Labute approximate surface area is 105 Å². The summed E-state index contributed by atoms with van der Waals surface area (Å²) in [4.78, 5) is 35.6. The van der Waals surface area contributed by atoms with E-state index in [0.717, 1.165) is 4.90 Å². The summed E-state index contributed by atoms with van der Waals surface area (Å²) >= 11 is 0. The molecule has 0 aromatic carbocycles. The Morgan fingerprint density at radius 2 is 1.33 bits per heavy atom. The molecule has 0 unspecified atom stereocenters. The monoisotopic (exact) mass is 259 g/mol. The van der Waals surface area contributed by atoms with Crippen molar-refractivity contribution in [3.63, 3.8) is 0 Å². The lowest BCUT2D eigenvalue weighted by Crippen LogP contribution is -2.30. The maximum Gasteiger partial charge on any atom is 0.411 e. The highest BCUT2D eigenvalue weighted by molar-refractivity contribution is 5.99. The van der Waals surface area contributed by atoms with E-state index in [0.29, 0.717) is 0 Å². The molecule has 0 aromatic heterocycles. The molecule has 0 spiro atoms. The number of amides is 1. The first-order valence-corrected chi connectivity index (χ1v) is 5.40. The van der Waals surface area contributed by atoms with Crippen LogP contribution in [0.2, 0.25) is 0 Å². The summed E-state index contributed by atoms with van der Waals surface area (Å²) in [5.41, 5.74) is -0.707. The normalized spacial score (nSPS) is 22.2. The van der Waals surface area contributed by atoms with Crippen LogP contribution in [0.1, 0.15) is 20.8 Å². The molecule has 1 aliphatic heterocycles. The lowest BCUT2D eigenvalue weighted by Gasteiger charge is -2.19. The minimum atomic E-state index is -0.961. The molecule has 18 heavy (non-hydrogen) atoms. The van der Waals surface area contributed by atoms with Crippen molar-refractivity contribution in [2.45, 2.75) is 38.5 Å². The molecule has 0 saturated carbocycles. The lowest BCUT2D eigenvalue weighted by molar-refractivity contribution is -0.144. The van der Waals surface area contributed by atoms with Crippen LogP contribution in [0.25, 0.3) is 0 Å². The van der Waals surface area contributed by atoms with Gasteiger partial charge in [0.15, 0.2) is 12.1 Å². The Hall–Kier alpha value is -1.79. The number of carbonyl (C=O) groups is 3. The molecule has 0 aliphatic carbocycles. The summed E-state index contributed by atoms with van der Waals surface area (Å²) in [5.74, 6) is -1.34. The third-order valence-corrected chi connectivity index (χ3v) is 2.30. The molecular formula is C11H17NO6. The van der Waals surface area contributed by atoms with Gasteiger partial charge in [0.25, 0.3) is 0 Å². The van der Waals surface area contributed by atoms with Gasteiger partial charge in [0.05, 0.1) is 14.2 Å². The second-order valence-electron chi connectivity index (χ2n) is 4.82. The topological polar surface area (TPSA) is 81.9 Å². The van der Waals surface area contributed by atoms with Gasteiger partial charge in [-0.3, -0.25) is 4.90 Å². The Kier molecular flexibility index (Phi) is 3.83. The molecule has 1 amide bonds. The number of rotatable bonds is 2. The average molecular weight is 259 g/mol. The fourth-order valence-corrected chi connectivity index (χ4v) is 1.50. The van der Waals surface area contributed by atoms with Crippen LogP contribution in [-0.2, 0) is 23.8 Å². The van der Waals surface area contributed by atoms with Crippen LogP contribution in [0.15, 0.2) is 0 Å². The summed E-state index contributed by atoms with van der Waals surface area (Å²) < 4.78 is 14.1. The number of nitrogens with zero attached hydrogens (tertiary/aromatic N) is 1. The predicted octanol–water partition coefficient (Wildman–Crippen LogP) is 0.320. The summed E-state index contributed by atoms with van der Waals surface area (Å²) in [5, 5.41) is 0. The predicted molar refractivity (Wildman–Crippen MR) is 59.7 cm³/mol. The molecule has 102 valence electrons. The van der Waals surface area contributed by atoms with E-state index >= 15 is 0 Å². The van der Waals surface area contributed by atoms with E-state index < -0.39 is 35.7 Å². The maximum atomic E-state index is 11.8. The van der Waals surface area contributed by atoms with E-state index in [1.165, 1.54) is 14.2 Å². The van der Waals surface area contributed by atoms with Crippen LogP contribution in [-0.4, -0.2) is 54.8 Å². The van der Waals surface area contributed by atoms with Crippen molar-refractivity contribution < 1.29 is 28.6 Å². The van der Waals surface area contributed by atoms with Gasteiger partial charge in [-0.1, -0.05) is 0 Å². The van der Waals surface area contributed by atoms with Crippen molar-refractivity contribution >= 4 is 18.0 Å². The van der Waals surface area contributed by atoms with E-state index in [4.69, 9.17) is 4.74 Å². The average Bonchev–Trinajstić information content (AvgIpc) is 2.99. The van der Waals surface area contributed by atoms with Crippen LogP contribution < -0.4 is 0 Å². The molecule has 0 aromatic rings. The highest BCUT2D eigenvalue weighted by atomic mass is 16.6. The van der Waals surface area contributed by atoms with Crippen LogP contribution >= 0.6 is 0 Å². The number of hydrogen-bond donors (Lipinski definition) is 0. The first-order valence-electron chi connectivity index (χ1n) is 5.40. The second kappa shape index (κ2) is 4.83. The highest BCUT2D eigenvalue weighted by Gasteiger charge is 2.63. The molecule has 1 rings (SSSR count). The molecule has 7 nitrogen and oxygen atoms in total. The summed E-state index contributed by atoms with van der Waals surface area (Å²) in [6.07, 6.45) is -0.742. The molecule has 0 radical (unpaired) electrons. The zero-order valence-corrected chi connectivity index (χ0v) is 11.1. The van der Waals surface area contributed by atoms with Crippen molar-refractivity contribution in [3.8, 4) is 0 Å². The second-order valence-corrected chi connectivity index (χ2v) is 4.82. The van der Waals surface area contributed by atoms with Crippen LogP contribution in [0.4, 0.5) is 4.79 Å². The summed E-state index contributed by atoms with van der Waals surface area (Å²) in [6.45, 7) is 5.07. The third-order valence-electron chi connectivity index (χ3n) is 2.30. The van der Waals surface area contributed by atoms with Crippen molar-refractivity contribution in [1.82, 2.24) is 4.90 Å². The van der Waals surface area contributed by atoms with Crippen molar-refractivity contribution in [2.24, 2.45) is 0 Å².